The standard InChI is InChI=1S/C29H24FN3O2S2/c1-37(34,35)29-24(19-36-33-20-32-18-28(33)23-13-15-31-16-14-23)9-12-26(22-7-10-25(30)11-8-22)27(29)17-21-5-3-2-4-6-21/h2-16,18,20H,17,19H2,1H3. The minimum atomic E-state index is -3.60. The first-order valence-corrected chi connectivity index (χ1v) is 14.4. The van der Waals surface area contributed by atoms with E-state index in [1.807, 2.05) is 58.6 Å². The Morgan fingerprint density at radius 2 is 1.59 bits per heavy atom. The van der Waals surface area contributed by atoms with Gasteiger partial charge >= 0.3 is 0 Å². The summed E-state index contributed by atoms with van der Waals surface area (Å²) in [5.41, 5.74) is 5.83. The van der Waals surface area contributed by atoms with Gasteiger partial charge in [0.15, 0.2) is 9.84 Å². The monoisotopic (exact) mass is 529 g/mol. The molecule has 0 bridgehead atoms. The van der Waals surface area contributed by atoms with Crippen molar-refractivity contribution in [2.45, 2.75) is 17.1 Å². The van der Waals surface area contributed by atoms with Crippen molar-refractivity contribution >= 4 is 21.8 Å². The summed E-state index contributed by atoms with van der Waals surface area (Å²) in [5.74, 6) is 0.0811. The van der Waals surface area contributed by atoms with E-state index in [0.29, 0.717) is 28.2 Å². The number of nitrogens with zero attached hydrogens (tertiary/aromatic N) is 3. The van der Waals surface area contributed by atoms with Gasteiger partial charge < -0.3 is 0 Å². The molecule has 8 heteroatoms. The molecule has 0 saturated carbocycles. The van der Waals surface area contributed by atoms with Gasteiger partial charge in [-0.2, -0.15) is 0 Å². The Labute approximate surface area is 220 Å². The lowest BCUT2D eigenvalue weighted by atomic mass is 9.93. The molecule has 0 aliphatic carbocycles. The lowest BCUT2D eigenvalue weighted by Crippen LogP contribution is -2.09. The molecule has 3 aromatic carbocycles. The molecule has 5 rings (SSSR count). The van der Waals surface area contributed by atoms with Crippen LogP contribution in [0, 0.1) is 5.82 Å². The first kappa shape index (κ1) is 24.9. The lowest BCUT2D eigenvalue weighted by Gasteiger charge is -2.19. The zero-order chi connectivity index (χ0) is 25.8. The second-order valence-corrected chi connectivity index (χ2v) is 11.5. The van der Waals surface area contributed by atoms with Gasteiger partial charge in [0.05, 0.1) is 16.8 Å². The SMILES string of the molecule is CS(=O)(=O)c1c(CSn2cncc2-c2ccncc2)ccc(-c2ccc(F)cc2)c1Cc1ccccc1. The summed E-state index contributed by atoms with van der Waals surface area (Å²) in [6.45, 7) is 0. The second-order valence-electron chi connectivity index (χ2n) is 8.64. The number of hydrogen-bond acceptors (Lipinski definition) is 5. The number of benzene rings is 3. The molecule has 0 aliphatic heterocycles. The van der Waals surface area contributed by atoms with Gasteiger partial charge in [0.25, 0.3) is 0 Å². The Hall–Kier alpha value is -3.75. The van der Waals surface area contributed by atoms with E-state index in [2.05, 4.69) is 9.97 Å². The summed E-state index contributed by atoms with van der Waals surface area (Å²) in [4.78, 5) is 8.68. The fraction of sp³-hybridized carbons (Fsp3) is 0.103. The van der Waals surface area contributed by atoms with E-state index in [0.717, 1.165) is 27.9 Å². The summed E-state index contributed by atoms with van der Waals surface area (Å²) in [6.07, 6.45) is 8.63. The number of halogens is 1. The van der Waals surface area contributed by atoms with Crippen molar-refractivity contribution in [1.29, 1.82) is 0 Å². The van der Waals surface area contributed by atoms with Crippen LogP contribution >= 0.6 is 11.9 Å². The molecule has 0 fully saturated rings. The average molecular weight is 530 g/mol. The van der Waals surface area contributed by atoms with Crippen molar-refractivity contribution < 1.29 is 12.8 Å². The fourth-order valence-corrected chi connectivity index (χ4v) is 6.65. The van der Waals surface area contributed by atoms with Crippen LogP contribution in [0.15, 0.2) is 109 Å². The predicted molar refractivity (Wildman–Crippen MR) is 146 cm³/mol. The van der Waals surface area contributed by atoms with Crippen LogP contribution in [0.3, 0.4) is 0 Å². The van der Waals surface area contributed by atoms with Gasteiger partial charge in [0.2, 0.25) is 0 Å². The normalized spacial score (nSPS) is 11.5. The molecule has 5 nitrogen and oxygen atoms in total. The summed E-state index contributed by atoms with van der Waals surface area (Å²) in [5, 5.41) is 0. The number of pyridine rings is 1. The zero-order valence-corrected chi connectivity index (χ0v) is 21.7. The maximum absolute atomic E-state index is 13.7. The van der Waals surface area contributed by atoms with Gasteiger partial charge in [0.1, 0.15) is 12.1 Å². The molecule has 0 saturated heterocycles. The third-order valence-electron chi connectivity index (χ3n) is 6.03. The summed E-state index contributed by atoms with van der Waals surface area (Å²) in [7, 11) is -3.60. The molecule has 2 aromatic heterocycles. The third kappa shape index (κ3) is 5.65. The van der Waals surface area contributed by atoms with Crippen LogP contribution < -0.4 is 0 Å². The van der Waals surface area contributed by atoms with Crippen molar-refractivity contribution in [1.82, 2.24) is 13.9 Å². The van der Waals surface area contributed by atoms with E-state index < -0.39 is 9.84 Å². The molecule has 186 valence electrons. The minimum Gasteiger partial charge on any atom is -0.272 e. The maximum Gasteiger partial charge on any atom is 0.176 e. The Morgan fingerprint density at radius 1 is 0.865 bits per heavy atom. The third-order valence-corrected chi connectivity index (χ3v) is 8.29. The van der Waals surface area contributed by atoms with Crippen LogP contribution in [0.4, 0.5) is 4.39 Å². The quantitative estimate of drug-likeness (QED) is 0.231. The van der Waals surface area contributed by atoms with Crippen molar-refractivity contribution in [2.75, 3.05) is 6.26 Å². The van der Waals surface area contributed by atoms with Crippen LogP contribution in [0.1, 0.15) is 16.7 Å². The summed E-state index contributed by atoms with van der Waals surface area (Å²) < 4.78 is 42.1. The van der Waals surface area contributed by atoms with Crippen LogP contribution in [0.2, 0.25) is 0 Å². The molecular weight excluding hydrogens is 505 g/mol. The Kier molecular flexibility index (Phi) is 7.21. The van der Waals surface area contributed by atoms with Crippen LogP contribution in [-0.4, -0.2) is 28.6 Å². The zero-order valence-electron chi connectivity index (χ0n) is 20.1. The van der Waals surface area contributed by atoms with Crippen LogP contribution in [0.5, 0.6) is 0 Å². The number of aromatic nitrogens is 3. The van der Waals surface area contributed by atoms with E-state index in [-0.39, 0.29) is 5.82 Å². The minimum absolute atomic E-state index is 0.316. The highest BCUT2D eigenvalue weighted by molar-refractivity contribution is 7.97. The van der Waals surface area contributed by atoms with Gasteiger partial charge in [-0.05, 0) is 70.5 Å². The Morgan fingerprint density at radius 3 is 2.30 bits per heavy atom. The molecule has 0 unspecified atom stereocenters. The predicted octanol–water partition coefficient (Wildman–Crippen LogP) is 6.44. The van der Waals surface area contributed by atoms with Crippen molar-refractivity contribution in [2.24, 2.45) is 0 Å². The van der Waals surface area contributed by atoms with E-state index in [4.69, 9.17) is 0 Å². The van der Waals surface area contributed by atoms with Crippen molar-refractivity contribution in [3.8, 4) is 22.4 Å². The van der Waals surface area contributed by atoms with Gasteiger partial charge in [-0.3, -0.25) is 8.96 Å². The fourth-order valence-electron chi connectivity index (χ4n) is 4.38. The maximum atomic E-state index is 13.7. The molecule has 0 radical (unpaired) electrons. The molecule has 37 heavy (non-hydrogen) atoms. The van der Waals surface area contributed by atoms with Crippen LogP contribution in [0.25, 0.3) is 22.4 Å². The highest BCUT2D eigenvalue weighted by atomic mass is 32.2. The van der Waals surface area contributed by atoms with Crippen LogP contribution in [-0.2, 0) is 22.0 Å². The number of sulfone groups is 1. The van der Waals surface area contributed by atoms with E-state index >= 15 is 0 Å². The number of rotatable bonds is 8. The second kappa shape index (κ2) is 10.7. The van der Waals surface area contributed by atoms with Gasteiger partial charge in [-0.25, -0.2) is 17.8 Å². The molecule has 0 N–H and O–H groups in total. The summed E-state index contributed by atoms with van der Waals surface area (Å²) in [6, 6.07) is 23.5. The topological polar surface area (TPSA) is 64.8 Å². The highest BCUT2D eigenvalue weighted by Gasteiger charge is 2.23. The highest BCUT2D eigenvalue weighted by Crippen LogP contribution is 2.36. The molecule has 0 aliphatic rings. The van der Waals surface area contributed by atoms with Crippen molar-refractivity contribution in [3.63, 3.8) is 0 Å². The molecule has 0 spiro atoms. The first-order chi connectivity index (χ1) is 17.9. The molecule has 0 atom stereocenters. The molecule has 2 heterocycles. The van der Waals surface area contributed by atoms with Gasteiger partial charge in [0, 0.05) is 30.0 Å². The molecule has 0 amide bonds. The Balaban J connectivity index is 1.59. The smallest absolute Gasteiger partial charge is 0.176 e. The van der Waals surface area contributed by atoms with Gasteiger partial charge in [-0.15, -0.1) is 0 Å². The van der Waals surface area contributed by atoms with E-state index in [1.54, 1.807) is 37.1 Å². The number of hydrogen-bond donors (Lipinski definition) is 0. The lowest BCUT2D eigenvalue weighted by molar-refractivity contribution is 0.600. The number of imidazole rings is 1. The molecular formula is C29H24FN3O2S2. The van der Waals surface area contributed by atoms with Gasteiger partial charge in [-0.1, -0.05) is 54.6 Å². The first-order valence-electron chi connectivity index (χ1n) is 11.6. The Bertz CT molecular complexity index is 1620. The largest absolute Gasteiger partial charge is 0.272 e. The van der Waals surface area contributed by atoms with E-state index in [9.17, 15) is 12.8 Å². The summed E-state index contributed by atoms with van der Waals surface area (Å²) >= 11 is 1.47. The molecule has 5 aromatic rings. The average Bonchev–Trinajstić information content (AvgIpc) is 3.37. The van der Waals surface area contributed by atoms with Crippen molar-refractivity contribution in [3.05, 3.63) is 126 Å². The van der Waals surface area contributed by atoms with E-state index in [1.165, 1.54) is 30.3 Å².